The maximum Gasteiger partial charge on any atom is 0.293 e. The van der Waals surface area contributed by atoms with Crippen LogP contribution in [0.2, 0.25) is 0 Å². The van der Waals surface area contributed by atoms with E-state index >= 15 is 0 Å². The summed E-state index contributed by atoms with van der Waals surface area (Å²) in [7, 11) is 0. The van der Waals surface area contributed by atoms with Gasteiger partial charge in [0.15, 0.2) is 0 Å². The number of benzene rings is 1. The Morgan fingerprint density at radius 1 is 1.53 bits per heavy atom. The molecule has 3 N–H and O–H groups in total. The summed E-state index contributed by atoms with van der Waals surface area (Å²) in [6.07, 6.45) is 0.755. The zero-order valence-electron chi connectivity index (χ0n) is 10.8. The van der Waals surface area contributed by atoms with Crippen LogP contribution in [0.1, 0.15) is 20.3 Å². The second-order valence-electron chi connectivity index (χ2n) is 4.75. The number of anilines is 1. The topological polar surface area (TPSA) is 81.2 Å². The third kappa shape index (κ3) is 4.43. The van der Waals surface area contributed by atoms with Crippen molar-refractivity contribution in [1.82, 2.24) is 0 Å². The number of nitrogens with zero attached hydrogens (tertiary/aromatic N) is 1. The Balaban J connectivity index is 3.04. The summed E-state index contributed by atoms with van der Waals surface area (Å²) in [5.41, 5.74) is 5.61. The molecule has 106 valence electrons. The molecule has 0 spiro atoms. The van der Waals surface area contributed by atoms with Gasteiger partial charge in [0.25, 0.3) is 5.69 Å². The molecule has 0 aromatic heterocycles. The highest BCUT2D eigenvalue weighted by Crippen LogP contribution is 2.31. The predicted octanol–water partition coefficient (Wildman–Crippen LogP) is 3.28. The van der Waals surface area contributed by atoms with Gasteiger partial charge < -0.3 is 11.1 Å². The fourth-order valence-electron chi connectivity index (χ4n) is 1.81. The third-order valence-corrected chi connectivity index (χ3v) is 3.24. The normalized spacial score (nSPS) is 12.5. The molecule has 1 atom stereocenters. The first-order valence-electron chi connectivity index (χ1n) is 5.95. The number of halogens is 2. The largest absolute Gasteiger partial charge is 0.375 e. The number of nitrogens with one attached hydrogen (secondary N) is 1. The average Bonchev–Trinajstić information content (AvgIpc) is 2.31. The number of nitrogens with two attached hydrogens (primary N) is 1. The van der Waals surface area contributed by atoms with Crippen LogP contribution in [0.3, 0.4) is 0 Å². The fraction of sp³-hybridized carbons (Fsp3) is 0.500. The summed E-state index contributed by atoms with van der Waals surface area (Å²) in [6, 6.07) is 2.14. The van der Waals surface area contributed by atoms with Gasteiger partial charge >= 0.3 is 0 Å². The van der Waals surface area contributed by atoms with E-state index in [4.69, 9.17) is 5.73 Å². The third-order valence-electron chi connectivity index (χ3n) is 2.64. The molecule has 1 aromatic rings. The van der Waals surface area contributed by atoms with Crippen molar-refractivity contribution in [2.24, 2.45) is 11.7 Å². The van der Waals surface area contributed by atoms with Crippen molar-refractivity contribution >= 4 is 27.3 Å². The van der Waals surface area contributed by atoms with Crippen LogP contribution in [-0.4, -0.2) is 17.5 Å². The summed E-state index contributed by atoms with van der Waals surface area (Å²) in [6.45, 7) is 4.38. The van der Waals surface area contributed by atoms with E-state index in [2.05, 4.69) is 21.2 Å². The molecule has 0 aliphatic carbocycles. The van der Waals surface area contributed by atoms with Crippen LogP contribution in [-0.2, 0) is 0 Å². The highest BCUT2D eigenvalue weighted by molar-refractivity contribution is 9.10. The van der Waals surface area contributed by atoms with Gasteiger partial charge in [-0.15, -0.1) is 0 Å². The summed E-state index contributed by atoms with van der Waals surface area (Å²) >= 11 is 2.94. The van der Waals surface area contributed by atoms with Gasteiger partial charge in [-0.25, -0.2) is 4.39 Å². The molecule has 0 heterocycles. The first kappa shape index (κ1) is 15.8. The number of nitro benzene ring substituents is 1. The smallest absolute Gasteiger partial charge is 0.293 e. The van der Waals surface area contributed by atoms with Crippen LogP contribution in [0.15, 0.2) is 16.6 Å². The first-order valence-corrected chi connectivity index (χ1v) is 6.74. The number of nitro groups is 1. The van der Waals surface area contributed by atoms with Gasteiger partial charge in [0.05, 0.1) is 9.40 Å². The molecule has 0 bridgehead atoms. The quantitative estimate of drug-likeness (QED) is 0.618. The van der Waals surface area contributed by atoms with Gasteiger partial charge in [0, 0.05) is 24.7 Å². The fourth-order valence-corrected chi connectivity index (χ4v) is 2.14. The van der Waals surface area contributed by atoms with Gasteiger partial charge in [-0.3, -0.25) is 10.1 Å². The van der Waals surface area contributed by atoms with Crippen LogP contribution in [0, 0.1) is 21.8 Å². The molecule has 1 aromatic carbocycles. The van der Waals surface area contributed by atoms with Crippen molar-refractivity contribution in [3.8, 4) is 0 Å². The van der Waals surface area contributed by atoms with Crippen LogP contribution in [0.25, 0.3) is 0 Å². The number of hydrogen-bond donors (Lipinski definition) is 2. The monoisotopic (exact) mass is 333 g/mol. The van der Waals surface area contributed by atoms with E-state index in [0.717, 1.165) is 18.6 Å². The Bertz CT molecular complexity index is 469. The zero-order valence-corrected chi connectivity index (χ0v) is 12.4. The van der Waals surface area contributed by atoms with E-state index in [-0.39, 0.29) is 21.9 Å². The summed E-state index contributed by atoms with van der Waals surface area (Å²) in [4.78, 5) is 10.4. The Morgan fingerprint density at radius 2 is 2.16 bits per heavy atom. The van der Waals surface area contributed by atoms with E-state index in [9.17, 15) is 14.5 Å². The zero-order chi connectivity index (χ0) is 14.6. The van der Waals surface area contributed by atoms with Crippen molar-refractivity contribution < 1.29 is 9.31 Å². The summed E-state index contributed by atoms with van der Waals surface area (Å²) in [5.74, 6) is -0.159. The maximum absolute atomic E-state index is 13.5. The molecule has 0 radical (unpaired) electrons. The van der Waals surface area contributed by atoms with Crippen LogP contribution in [0.4, 0.5) is 15.8 Å². The molecule has 5 nitrogen and oxygen atoms in total. The molecule has 0 fully saturated rings. The molecule has 0 aliphatic heterocycles. The molecule has 0 aliphatic rings. The number of hydrogen-bond acceptors (Lipinski definition) is 4. The lowest BCUT2D eigenvalue weighted by Gasteiger charge is -2.20. The Morgan fingerprint density at radius 3 is 2.63 bits per heavy atom. The number of rotatable bonds is 6. The maximum atomic E-state index is 13.5. The Hall–Kier alpha value is -1.21. The lowest BCUT2D eigenvalue weighted by atomic mass is 10.0. The minimum atomic E-state index is -0.548. The summed E-state index contributed by atoms with van der Waals surface area (Å²) < 4.78 is 13.6. The van der Waals surface area contributed by atoms with Gasteiger partial charge in [0.2, 0.25) is 0 Å². The minimum Gasteiger partial charge on any atom is -0.375 e. The van der Waals surface area contributed by atoms with Crippen LogP contribution in [0.5, 0.6) is 0 Å². The molecular formula is C12H17BrFN3O2. The molecule has 7 heteroatoms. The van der Waals surface area contributed by atoms with Crippen molar-refractivity contribution in [2.45, 2.75) is 26.3 Å². The average molecular weight is 334 g/mol. The summed E-state index contributed by atoms with van der Waals surface area (Å²) in [5, 5.41) is 13.9. The van der Waals surface area contributed by atoms with Crippen LogP contribution >= 0.6 is 15.9 Å². The first-order chi connectivity index (χ1) is 8.85. The molecule has 19 heavy (non-hydrogen) atoms. The molecule has 0 saturated heterocycles. The van der Waals surface area contributed by atoms with Crippen molar-refractivity contribution in [3.05, 3.63) is 32.5 Å². The highest BCUT2D eigenvalue weighted by atomic mass is 79.9. The van der Waals surface area contributed by atoms with Crippen molar-refractivity contribution in [1.29, 1.82) is 0 Å². The second kappa shape index (κ2) is 6.81. The SMILES string of the molecule is CC(C)CC(CN)Nc1cc(F)c(Br)cc1[N+](=O)[O-]. The van der Waals surface area contributed by atoms with E-state index in [1.165, 1.54) is 0 Å². The predicted molar refractivity (Wildman–Crippen MR) is 76.7 cm³/mol. The lowest BCUT2D eigenvalue weighted by molar-refractivity contribution is -0.384. The lowest BCUT2D eigenvalue weighted by Crippen LogP contribution is -2.30. The van der Waals surface area contributed by atoms with E-state index < -0.39 is 10.7 Å². The standard InChI is InChI=1S/C12H17BrFN3O2/c1-7(2)3-8(6-15)16-11-5-10(14)9(13)4-12(11)17(18)19/h4-5,7-8,16H,3,6,15H2,1-2H3. The Labute approximate surface area is 119 Å². The molecular weight excluding hydrogens is 317 g/mol. The van der Waals surface area contributed by atoms with Crippen molar-refractivity contribution in [3.63, 3.8) is 0 Å². The highest BCUT2D eigenvalue weighted by Gasteiger charge is 2.20. The van der Waals surface area contributed by atoms with Crippen molar-refractivity contribution in [2.75, 3.05) is 11.9 Å². The second-order valence-corrected chi connectivity index (χ2v) is 5.60. The van der Waals surface area contributed by atoms with Gasteiger partial charge in [-0.05, 0) is 28.3 Å². The van der Waals surface area contributed by atoms with E-state index in [1.807, 2.05) is 13.8 Å². The van der Waals surface area contributed by atoms with Gasteiger partial charge in [0.1, 0.15) is 11.5 Å². The molecule has 0 amide bonds. The molecule has 1 rings (SSSR count). The minimum absolute atomic E-state index is 0.0675. The van der Waals surface area contributed by atoms with E-state index in [0.29, 0.717) is 12.5 Å². The van der Waals surface area contributed by atoms with Gasteiger partial charge in [-0.2, -0.15) is 0 Å². The Kier molecular flexibility index (Phi) is 5.68. The van der Waals surface area contributed by atoms with E-state index in [1.54, 1.807) is 0 Å². The van der Waals surface area contributed by atoms with Gasteiger partial charge in [-0.1, -0.05) is 13.8 Å². The molecule has 1 unspecified atom stereocenters. The molecule has 0 saturated carbocycles. The van der Waals surface area contributed by atoms with Crippen LogP contribution < -0.4 is 11.1 Å².